The lowest BCUT2D eigenvalue weighted by Gasteiger charge is -2.28. The fourth-order valence-corrected chi connectivity index (χ4v) is 3.84. The van der Waals surface area contributed by atoms with Crippen LogP contribution in [0.5, 0.6) is 0 Å². The van der Waals surface area contributed by atoms with Crippen LogP contribution in [-0.4, -0.2) is 49.2 Å². The van der Waals surface area contributed by atoms with Crippen LogP contribution >= 0.6 is 0 Å². The van der Waals surface area contributed by atoms with E-state index in [1.165, 1.54) is 25.7 Å². The van der Waals surface area contributed by atoms with Gasteiger partial charge in [0.25, 0.3) is 0 Å². The molecule has 3 aliphatic rings. The third kappa shape index (κ3) is 4.65. The first kappa shape index (κ1) is 15.7. The molecule has 122 valence electrons. The molecule has 0 aromatic heterocycles. The Morgan fingerprint density at radius 2 is 2.10 bits per heavy atom. The first-order chi connectivity index (χ1) is 10.2. The van der Waals surface area contributed by atoms with Gasteiger partial charge in [-0.05, 0) is 43.9 Å². The van der Waals surface area contributed by atoms with E-state index < -0.39 is 6.10 Å². The van der Waals surface area contributed by atoms with Crippen LogP contribution in [-0.2, 0) is 9.47 Å². The van der Waals surface area contributed by atoms with Crippen molar-refractivity contribution in [2.24, 2.45) is 11.8 Å². The van der Waals surface area contributed by atoms with Crippen LogP contribution in [0.1, 0.15) is 51.9 Å². The molecule has 4 nitrogen and oxygen atoms in total. The standard InChI is InChI=1S/C17H31NO3/c1-12-3-2-4-15(9-12)21-11-14(19)10-18-16-7-8-20-17(16)13-5-6-13/h12-19H,2-11H2,1H3. The minimum Gasteiger partial charge on any atom is -0.389 e. The average molecular weight is 297 g/mol. The summed E-state index contributed by atoms with van der Waals surface area (Å²) < 4.78 is 11.7. The summed E-state index contributed by atoms with van der Waals surface area (Å²) in [5, 5.41) is 13.6. The summed E-state index contributed by atoms with van der Waals surface area (Å²) in [7, 11) is 0. The second-order valence-electron chi connectivity index (χ2n) is 7.36. The molecule has 0 spiro atoms. The van der Waals surface area contributed by atoms with Gasteiger partial charge in [-0.1, -0.05) is 19.8 Å². The first-order valence-electron chi connectivity index (χ1n) is 8.87. The molecule has 2 aliphatic carbocycles. The van der Waals surface area contributed by atoms with Crippen molar-refractivity contribution in [1.82, 2.24) is 5.32 Å². The number of aliphatic hydroxyl groups is 1. The molecule has 5 unspecified atom stereocenters. The Balaban J connectivity index is 1.31. The molecule has 3 rings (SSSR count). The van der Waals surface area contributed by atoms with Gasteiger partial charge in [0, 0.05) is 19.2 Å². The summed E-state index contributed by atoms with van der Waals surface area (Å²) in [6, 6.07) is 0.432. The smallest absolute Gasteiger partial charge is 0.0897 e. The van der Waals surface area contributed by atoms with Gasteiger partial charge >= 0.3 is 0 Å². The molecule has 21 heavy (non-hydrogen) atoms. The van der Waals surface area contributed by atoms with Crippen LogP contribution in [0.2, 0.25) is 0 Å². The summed E-state index contributed by atoms with van der Waals surface area (Å²) in [6.45, 7) is 4.25. The number of nitrogens with one attached hydrogen (secondary N) is 1. The van der Waals surface area contributed by atoms with Gasteiger partial charge in [-0.15, -0.1) is 0 Å². The predicted molar refractivity (Wildman–Crippen MR) is 82.3 cm³/mol. The lowest BCUT2D eigenvalue weighted by Crippen LogP contribution is -2.43. The third-order valence-corrected chi connectivity index (χ3v) is 5.25. The zero-order valence-corrected chi connectivity index (χ0v) is 13.3. The number of hydrogen-bond acceptors (Lipinski definition) is 4. The molecule has 0 bridgehead atoms. The molecular formula is C17H31NO3. The summed E-state index contributed by atoms with van der Waals surface area (Å²) in [6.07, 6.45) is 8.96. The van der Waals surface area contributed by atoms with Crippen molar-refractivity contribution >= 4 is 0 Å². The lowest BCUT2D eigenvalue weighted by molar-refractivity contribution is -0.0319. The van der Waals surface area contributed by atoms with E-state index in [1.807, 2.05) is 0 Å². The molecule has 1 heterocycles. The highest BCUT2D eigenvalue weighted by Gasteiger charge is 2.40. The van der Waals surface area contributed by atoms with Crippen LogP contribution < -0.4 is 5.32 Å². The largest absolute Gasteiger partial charge is 0.389 e. The monoisotopic (exact) mass is 297 g/mol. The second kappa shape index (κ2) is 7.40. The maximum absolute atomic E-state index is 10.1. The third-order valence-electron chi connectivity index (χ3n) is 5.25. The lowest BCUT2D eigenvalue weighted by atomic mass is 9.89. The molecule has 3 fully saturated rings. The zero-order valence-electron chi connectivity index (χ0n) is 13.3. The molecule has 1 aliphatic heterocycles. The molecule has 0 aromatic rings. The highest BCUT2D eigenvalue weighted by atomic mass is 16.5. The molecule has 4 heteroatoms. The van der Waals surface area contributed by atoms with E-state index in [0.29, 0.717) is 31.4 Å². The van der Waals surface area contributed by atoms with Crippen molar-refractivity contribution < 1.29 is 14.6 Å². The van der Waals surface area contributed by atoms with Gasteiger partial charge in [-0.2, -0.15) is 0 Å². The average Bonchev–Trinajstić information content (AvgIpc) is 3.22. The van der Waals surface area contributed by atoms with Crippen molar-refractivity contribution in [2.45, 2.75) is 76.2 Å². The Labute approximate surface area is 128 Å². The fourth-order valence-electron chi connectivity index (χ4n) is 3.84. The molecular weight excluding hydrogens is 266 g/mol. The Morgan fingerprint density at radius 1 is 1.24 bits per heavy atom. The van der Waals surface area contributed by atoms with E-state index in [9.17, 15) is 5.11 Å². The molecule has 1 saturated heterocycles. The summed E-state index contributed by atoms with van der Waals surface area (Å²) in [5.41, 5.74) is 0. The Kier molecular flexibility index (Phi) is 5.54. The number of hydrogen-bond donors (Lipinski definition) is 2. The van der Waals surface area contributed by atoms with Crippen LogP contribution in [0.4, 0.5) is 0 Å². The minimum atomic E-state index is -0.400. The van der Waals surface area contributed by atoms with Crippen LogP contribution in [0.25, 0.3) is 0 Å². The van der Waals surface area contributed by atoms with Gasteiger partial charge in [0.2, 0.25) is 0 Å². The second-order valence-corrected chi connectivity index (χ2v) is 7.36. The molecule has 5 atom stereocenters. The predicted octanol–water partition coefficient (Wildman–Crippen LogP) is 2.10. The van der Waals surface area contributed by atoms with E-state index in [-0.39, 0.29) is 0 Å². The molecule has 0 aromatic carbocycles. The van der Waals surface area contributed by atoms with Crippen molar-refractivity contribution in [2.75, 3.05) is 19.8 Å². The maximum Gasteiger partial charge on any atom is 0.0897 e. The summed E-state index contributed by atoms with van der Waals surface area (Å²) in [5.74, 6) is 1.54. The van der Waals surface area contributed by atoms with Gasteiger partial charge in [-0.25, -0.2) is 0 Å². The van der Waals surface area contributed by atoms with E-state index in [2.05, 4.69) is 12.2 Å². The Morgan fingerprint density at radius 3 is 2.86 bits per heavy atom. The quantitative estimate of drug-likeness (QED) is 0.755. The van der Waals surface area contributed by atoms with E-state index >= 15 is 0 Å². The van der Waals surface area contributed by atoms with Gasteiger partial charge in [0.05, 0.1) is 24.9 Å². The number of aliphatic hydroxyl groups excluding tert-OH is 1. The van der Waals surface area contributed by atoms with E-state index in [1.54, 1.807) is 0 Å². The van der Waals surface area contributed by atoms with Crippen molar-refractivity contribution in [3.05, 3.63) is 0 Å². The van der Waals surface area contributed by atoms with Crippen molar-refractivity contribution in [3.8, 4) is 0 Å². The Hall–Kier alpha value is -0.160. The minimum absolute atomic E-state index is 0.359. The SMILES string of the molecule is CC1CCCC(OCC(O)CNC2CCOC2C2CC2)C1. The first-order valence-corrected chi connectivity index (χ1v) is 8.87. The molecule has 2 N–H and O–H groups in total. The number of ether oxygens (including phenoxy) is 2. The van der Waals surface area contributed by atoms with Crippen molar-refractivity contribution in [3.63, 3.8) is 0 Å². The highest BCUT2D eigenvalue weighted by Crippen LogP contribution is 2.38. The van der Waals surface area contributed by atoms with Crippen molar-refractivity contribution in [1.29, 1.82) is 0 Å². The summed E-state index contributed by atoms with van der Waals surface area (Å²) in [4.78, 5) is 0. The maximum atomic E-state index is 10.1. The topological polar surface area (TPSA) is 50.7 Å². The van der Waals surface area contributed by atoms with Crippen LogP contribution in [0, 0.1) is 11.8 Å². The number of rotatable bonds is 7. The van der Waals surface area contributed by atoms with Crippen LogP contribution in [0.15, 0.2) is 0 Å². The normalized spacial score (nSPS) is 38.6. The molecule has 0 radical (unpaired) electrons. The van der Waals surface area contributed by atoms with Gasteiger partial charge < -0.3 is 19.9 Å². The fraction of sp³-hybridized carbons (Fsp3) is 1.00. The van der Waals surface area contributed by atoms with E-state index in [0.717, 1.165) is 37.7 Å². The highest BCUT2D eigenvalue weighted by molar-refractivity contribution is 4.93. The molecule has 2 saturated carbocycles. The van der Waals surface area contributed by atoms with Gasteiger partial charge in [0.15, 0.2) is 0 Å². The van der Waals surface area contributed by atoms with Crippen LogP contribution in [0.3, 0.4) is 0 Å². The van der Waals surface area contributed by atoms with Gasteiger partial charge in [-0.3, -0.25) is 0 Å². The van der Waals surface area contributed by atoms with E-state index in [4.69, 9.17) is 9.47 Å². The van der Waals surface area contributed by atoms with Gasteiger partial charge in [0.1, 0.15) is 0 Å². The Bertz CT molecular complexity index is 321. The summed E-state index contributed by atoms with van der Waals surface area (Å²) >= 11 is 0. The zero-order chi connectivity index (χ0) is 14.7. The molecule has 0 amide bonds.